The number of hydrogen-bond donors (Lipinski definition) is 1. The molecule has 4 rings (SSSR count). The Morgan fingerprint density at radius 1 is 1.00 bits per heavy atom. The molecule has 0 radical (unpaired) electrons. The van der Waals surface area contributed by atoms with Gasteiger partial charge in [0, 0.05) is 11.4 Å². The maximum atomic E-state index is 13.2. The molecule has 0 bridgehead atoms. The van der Waals surface area contributed by atoms with Gasteiger partial charge in [0.15, 0.2) is 0 Å². The number of nitrogens with zero attached hydrogens (tertiary/aromatic N) is 2. The molecule has 29 heavy (non-hydrogen) atoms. The summed E-state index contributed by atoms with van der Waals surface area (Å²) in [6, 6.07) is 19.5. The zero-order valence-corrected chi connectivity index (χ0v) is 16.2. The Labute approximate surface area is 168 Å². The van der Waals surface area contributed by atoms with E-state index in [9.17, 15) is 4.39 Å². The van der Waals surface area contributed by atoms with Gasteiger partial charge in [-0.05, 0) is 67.1 Å². The first kappa shape index (κ1) is 19.0. The summed E-state index contributed by atoms with van der Waals surface area (Å²) in [7, 11) is 1.63. The van der Waals surface area contributed by atoms with Gasteiger partial charge in [-0.2, -0.15) is 5.10 Å². The lowest BCUT2D eigenvalue weighted by Crippen LogP contribution is -2.29. The predicted molar refractivity (Wildman–Crippen MR) is 111 cm³/mol. The summed E-state index contributed by atoms with van der Waals surface area (Å²) in [5.41, 5.74) is 8.84. The second-order valence-electron chi connectivity index (χ2n) is 6.93. The van der Waals surface area contributed by atoms with Gasteiger partial charge in [-0.15, -0.1) is 0 Å². The van der Waals surface area contributed by atoms with E-state index in [-0.39, 0.29) is 18.0 Å². The average molecular weight is 391 g/mol. The molecule has 0 saturated heterocycles. The van der Waals surface area contributed by atoms with Crippen molar-refractivity contribution >= 4 is 10.9 Å². The molecule has 148 valence electrons. The Morgan fingerprint density at radius 3 is 2.52 bits per heavy atom. The molecule has 1 heterocycles. The van der Waals surface area contributed by atoms with Gasteiger partial charge in [-0.25, -0.2) is 9.07 Å². The van der Waals surface area contributed by atoms with Crippen molar-refractivity contribution in [2.75, 3.05) is 7.11 Å². The fraction of sp³-hybridized carbons (Fsp3) is 0.174. The number of halogens is 1. The lowest BCUT2D eigenvalue weighted by Gasteiger charge is -2.23. The lowest BCUT2D eigenvalue weighted by molar-refractivity contribution is 0.180. The van der Waals surface area contributed by atoms with E-state index in [1.807, 2.05) is 49.4 Å². The molecule has 2 atom stereocenters. The van der Waals surface area contributed by atoms with Crippen molar-refractivity contribution in [1.29, 1.82) is 0 Å². The molecule has 0 aliphatic rings. The molecule has 0 aliphatic heterocycles. The van der Waals surface area contributed by atoms with Gasteiger partial charge in [-0.3, -0.25) is 0 Å². The van der Waals surface area contributed by atoms with Crippen molar-refractivity contribution in [3.05, 3.63) is 84.3 Å². The number of ether oxygens (including phenoxy) is 2. The van der Waals surface area contributed by atoms with Crippen LogP contribution in [0, 0.1) is 5.82 Å². The third-order valence-corrected chi connectivity index (χ3v) is 4.77. The highest BCUT2D eigenvalue weighted by Crippen LogP contribution is 2.29. The Kier molecular flexibility index (Phi) is 5.18. The van der Waals surface area contributed by atoms with Gasteiger partial charge in [0.05, 0.1) is 24.5 Å². The molecular weight excluding hydrogens is 369 g/mol. The molecule has 0 aliphatic carbocycles. The molecule has 0 unspecified atom stereocenters. The van der Waals surface area contributed by atoms with E-state index in [1.165, 1.54) is 12.1 Å². The van der Waals surface area contributed by atoms with Crippen molar-refractivity contribution in [2.45, 2.75) is 19.1 Å². The van der Waals surface area contributed by atoms with Crippen LogP contribution in [0.4, 0.5) is 4.39 Å². The molecule has 1 aromatic heterocycles. The quantitative estimate of drug-likeness (QED) is 0.520. The van der Waals surface area contributed by atoms with Gasteiger partial charge >= 0.3 is 0 Å². The first-order valence-electron chi connectivity index (χ1n) is 9.35. The third-order valence-electron chi connectivity index (χ3n) is 4.77. The zero-order chi connectivity index (χ0) is 20.4. The van der Waals surface area contributed by atoms with Crippen molar-refractivity contribution in [3.8, 4) is 17.2 Å². The van der Waals surface area contributed by atoms with Crippen LogP contribution in [0.5, 0.6) is 11.5 Å². The van der Waals surface area contributed by atoms with Crippen LogP contribution in [-0.2, 0) is 0 Å². The first-order chi connectivity index (χ1) is 14.0. The van der Waals surface area contributed by atoms with E-state index in [0.717, 1.165) is 27.9 Å². The van der Waals surface area contributed by atoms with E-state index < -0.39 is 0 Å². The smallest absolute Gasteiger partial charge is 0.139 e. The summed E-state index contributed by atoms with van der Waals surface area (Å²) < 4.78 is 26.5. The molecule has 4 aromatic rings. The van der Waals surface area contributed by atoms with E-state index in [4.69, 9.17) is 15.2 Å². The topological polar surface area (TPSA) is 62.3 Å². The largest absolute Gasteiger partial charge is 0.497 e. The third kappa shape index (κ3) is 3.93. The molecule has 3 aromatic carbocycles. The summed E-state index contributed by atoms with van der Waals surface area (Å²) in [5, 5.41) is 5.35. The van der Waals surface area contributed by atoms with E-state index >= 15 is 0 Å². The van der Waals surface area contributed by atoms with Crippen molar-refractivity contribution in [2.24, 2.45) is 5.73 Å². The minimum Gasteiger partial charge on any atom is -0.497 e. The first-order valence-corrected chi connectivity index (χ1v) is 9.35. The van der Waals surface area contributed by atoms with Crippen LogP contribution in [0.1, 0.15) is 18.6 Å². The Hall–Kier alpha value is -3.38. The summed E-state index contributed by atoms with van der Waals surface area (Å²) in [5.74, 6) is 1.18. The number of methoxy groups -OCH3 is 1. The van der Waals surface area contributed by atoms with Crippen LogP contribution in [0.25, 0.3) is 16.6 Å². The molecule has 0 amide bonds. The molecule has 6 heteroatoms. The molecule has 0 saturated carbocycles. The highest BCUT2D eigenvalue weighted by atomic mass is 19.1. The molecular formula is C23H22FN3O2. The zero-order valence-electron chi connectivity index (χ0n) is 16.2. The highest BCUT2D eigenvalue weighted by molar-refractivity contribution is 5.81. The number of nitrogens with two attached hydrogens (primary N) is 1. The van der Waals surface area contributed by atoms with Gasteiger partial charge < -0.3 is 15.2 Å². The van der Waals surface area contributed by atoms with Crippen molar-refractivity contribution in [1.82, 2.24) is 9.78 Å². The lowest BCUT2D eigenvalue weighted by atomic mass is 10.0. The van der Waals surface area contributed by atoms with Crippen LogP contribution >= 0.6 is 0 Å². The van der Waals surface area contributed by atoms with Gasteiger partial charge in [0.1, 0.15) is 23.4 Å². The SMILES string of the molecule is COc1cccc([C@H](Oc2ccc3c(cnn3-c3ccc(F)cc3)c2)[C@H](C)N)c1. The summed E-state index contributed by atoms with van der Waals surface area (Å²) >= 11 is 0. The van der Waals surface area contributed by atoms with Crippen LogP contribution in [0.2, 0.25) is 0 Å². The highest BCUT2D eigenvalue weighted by Gasteiger charge is 2.19. The van der Waals surface area contributed by atoms with Crippen molar-refractivity contribution < 1.29 is 13.9 Å². The fourth-order valence-electron chi connectivity index (χ4n) is 3.32. The van der Waals surface area contributed by atoms with E-state index in [2.05, 4.69) is 5.10 Å². The number of fused-ring (bicyclic) bond motifs is 1. The van der Waals surface area contributed by atoms with Crippen molar-refractivity contribution in [3.63, 3.8) is 0 Å². The number of benzene rings is 3. The minimum atomic E-state index is -0.324. The maximum Gasteiger partial charge on any atom is 0.139 e. The monoisotopic (exact) mass is 391 g/mol. The number of hydrogen-bond acceptors (Lipinski definition) is 4. The molecule has 2 N–H and O–H groups in total. The summed E-state index contributed by atoms with van der Waals surface area (Å²) in [6.45, 7) is 1.91. The second-order valence-corrected chi connectivity index (χ2v) is 6.93. The van der Waals surface area contributed by atoms with Gasteiger partial charge in [-0.1, -0.05) is 12.1 Å². The molecule has 0 fully saturated rings. The normalized spacial score (nSPS) is 13.2. The number of aromatic nitrogens is 2. The van der Waals surface area contributed by atoms with Gasteiger partial charge in [0.25, 0.3) is 0 Å². The summed E-state index contributed by atoms with van der Waals surface area (Å²) in [6.07, 6.45) is 1.44. The maximum absolute atomic E-state index is 13.2. The van der Waals surface area contributed by atoms with Gasteiger partial charge in [0.2, 0.25) is 0 Å². The standard InChI is InChI=1S/C23H22FN3O2/c1-15(25)23(16-4-3-5-20(12-16)28-2)29-21-10-11-22-17(13-21)14-26-27(22)19-8-6-18(24)7-9-19/h3-15,23H,25H2,1-2H3/t15-,23+/m0/s1. The minimum absolute atomic E-state index is 0.222. The fourth-order valence-corrected chi connectivity index (χ4v) is 3.32. The van der Waals surface area contributed by atoms with Crippen LogP contribution in [-0.4, -0.2) is 22.9 Å². The van der Waals surface area contributed by atoms with E-state index in [0.29, 0.717) is 5.75 Å². The molecule has 0 spiro atoms. The number of rotatable bonds is 6. The predicted octanol–water partition coefficient (Wildman–Crippen LogP) is 4.64. The second kappa shape index (κ2) is 7.93. The Bertz CT molecular complexity index is 1120. The Balaban J connectivity index is 1.64. The van der Waals surface area contributed by atoms with Crippen LogP contribution in [0.15, 0.2) is 72.9 Å². The average Bonchev–Trinajstić information content (AvgIpc) is 3.15. The van der Waals surface area contributed by atoms with E-state index in [1.54, 1.807) is 30.1 Å². The Morgan fingerprint density at radius 2 is 1.79 bits per heavy atom. The summed E-state index contributed by atoms with van der Waals surface area (Å²) in [4.78, 5) is 0. The van der Waals surface area contributed by atoms with Crippen LogP contribution in [0.3, 0.4) is 0 Å². The van der Waals surface area contributed by atoms with Crippen LogP contribution < -0.4 is 15.2 Å². The molecule has 5 nitrogen and oxygen atoms in total.